The van der Waals surface area contributed by atoms with Crippen LogP contribution >= 0.6 is 11.6 Å². The molecule has 1 aromatic heterocycles. The summed E-state index contributed by atoms with van der Waals surface area (Å²) in [6, 6.07) is 10.2. The summed E-state index contributed by atoms with van der Waals surface area (Å²) in [5.41, 5.74) is 7.08. The molecule has 0 atom stereocenters. The summed E-state index contributed by atoms with van der Waals surface area (Å²) in [6.07, 6.45) is 1.42. The Kier molecular flexibility index (Phi) is 3.79. The predicted molar refractivity (Wildman–Crippen MR) is 69.2 cm³/mol. The van der Waals surface area contributed by atoms with Gasteiger partial charge in [0.05, 0.1) is 11.9 Å². The number of carbonyl (C=O) groups is 1. The van der Waals surface area contributed by atoms with Crippen molar-refractivity contribution in [3.63, 3.8) is 0 Å². The molecule has 0 bridgehead atoms. The number of nitrogen functional groups attached to an aromatic ring is 1. The topological polar surface area (TPSA) is 65.2 Å². The van der Waals surface area contributed by atoms with Gasteiger partial charge in [0.1, 0.15) is 12.3 Å². The highest BCUT2D eigenvalue weighted by molar-refractivity contribution is 6.30. The van der Waals surface area contributed by atoms with E-state index in [0.29, 0.717) is 10.7 Å². The number of nitrogens with two attached hydrogens (primary N) is 1. The Hall–Kier alpha value is -2.07. The van der Waals surface area contributed by atoms with Gasteiger partial charge in [-0.2, -0.15) is 0 Å². The molecule has 0 saturated carbocycles. The summed E-state index contributed by atoms with van der Waals surface area (Å²) in [5, 5.41) is 0.644. The Balaban J connectivity index is 1.96. The number of pyridine rings is 1. The number of benzene rings is 1. The van der Waals surface area contributed by atoms with E-state index in [1.807, 2.05) is 0 Å². The Labute approximate surface area is 109 Å². The molecule has 0 radical (unpaired) electrons. The molecule has 0 fully saturated rings. The zero-order chi connectivity index (χ0) is 13.0. The number of esters is 1. The molecule has 0 spiro atoms. The molecule has 1 aromatic carbocycles. The van der Waals surface area contributed by atoms with Gasteiger partial charge in [-0.25, -0.2) is 9.78 Å². The number of anilines is 1. The first-order valence-electron chi connectivity index (χ1n) is 5.28. The van der Waals surface area contributed by atoms with Crippen molar-refractivity contribution in [2.24, 2.45) is 0 Å². The second kappa shape index (κ2) is 5.51. The van der Waals surface area contributed by atoms with Gasteiger partial charge in [0.15, 0.2) is 0 Å². The molecule has 0 saturated heterocycles. The molecule has 92 valence electrons. The second-order valence-electron chi connectivity index (χ2n) is 3.68. The van der Waals surface area contributed by atoms with Crippen molar-refractivity contribution >= 4 is 23.3 Å². The van der Waals surface area contributed by atoms with E-state index in [1.165, 1.54) is 12.3 Å². The quantitative estimate of drug-likeness (QED) is 0.864. The summed E-state index contributed by atoms with van der Waals surface area (Å²) < 4.78 is 5.11. The standard InChI is InChI=1S/C13H11ClN2O2/c14-10-3-1-9(2-4-10)8-18-13(17)12-6-5-11(15)7-16-12/h1-7H,8,15H2. The molecule has 0 aliphatic heterocycles. The fourth-order valence-electron chi connectivity index (χ4n) is 1.33. The van der Waals surface area contributed by atoms with Gasteiger partial charge in [0, 0.05) is 5.02 Å². The maximum absolute atomic E-state index is 11.6. The van der Waals surface area contributed by atoms with Crippen LogP contribution in [0, 0.1) is 0 Å². The highest BCUT2D eigenvalue weighted by Crippen LogP contribution is 2.11. The molecule has 0 unspecified atom stereocenters. The van der Waals surface area contributed by atoms with Gasteiger partial charge in [-0.05, 0) is 29.8 Å². The zero-order valence-electron chi connectivity index (χ0n) is 9.47. The van der Waals surface area contributed by atoms with E-state index in [2.05, 4.69) is 4.98 Å². The normalized spacial score (nSPS) is 10.1. The molecule has 1 heterocycles. The van der Waals surface area contributed by atoms with Crippen molar-refractivity contribution in [3.8, 4) is 0 Å². The van der Waals surface area contributed by atoms with Crippen LogP contribution in [0.4, 0.5) is 5.69 Å². The molecule has 2 rings (SSSR count). The smallest absolute Gasteiger partial charge is 0.357 e. The second-order valence-corrected chi connectivity index (χ2v) is 4.12. The lowest BCUT2D eigenvalue weighted by atomic mass is 10.2. The van der Waals surface area contributed by atoms with Crippen LogP contribution in [0.2, 0.25) is 5.02 Å². The Bertz CT molecular complexity index is 538. The molecule has 18 heavy (non-hydrogen) atoms. The molecule has 2 N–H and O–H groups in total. The number of ether oxygens (including phenoxy) is 1. The van der Waals surface area contributed by atoms with Gasteiger partial charge in [-0.1, -0.05) is 23.7 Å². The molecule has 4 nitrogen and oxygen atoms in total. The third kappa shape index (κ3) is 3.21. The summed E-state index contributed by atoms with van der Waals surface area (Å²) in [5.74, 6) is -0.482. The molecule has 0 amide bonds. The van der Waals surface area contributed by atoms with Gasteiger partial charge >= 0.3 is 5.97 Å². The predicted octanol–water partition coefficient (Wildman–Crippen LogP) is 2.67. The van der Waals surface area contributed by atoms with E-state index >= 15 is 0 Å². The first-order chi connectivity index (χ1) is 8.65. The lowest BCUT2D eigenvalue weighted by Crippen LogP contribution is -2.07. The van der Waals surface area contributed by atoms with Gasteiger partial charge in [0.25, 0.3) is 0 Å². The van der Waals surface area contributed by atoms with Crippen molar-refractivity contribution in [2.75, 3.05) is 5.73 Å². The maximum atomic E-state index is 11.6. The highest BCUT2D eigenvalue weighted by Gasteiger charge is 2.08. The zero-order valence-corrected chi connectivity index (χ0v) is 10.2. The van der Waals surface area contributed by atoms with Crippen molar-refractivity contribution in [3.05, 3.63) is 58.9 Å². The number of aromatic nitrogens is 1. The van der Waals surface area contributed by atoms with Crippen molar-refractivity contribution in [1.82, 2.24) is 4.98 Å². The third-order valence-electron chi connectivity index (χ3n) is 2.28. The number of hydrogen-bond acceptors (Lipinski definition) is 4. The molecule has 2 aromatic rings. The van der Waals surface area contributed by atoms with Crippen LogP contribution in [-0.2, 0) is 11.3 Å². The molecule has 0 aliphatic rings. The summed E-state index contributed by atoms with van der Waals surface area (Å²) in [6.45, 7) is 0.183. The number of hydrogen-bond donors (Lipinski definition) is 1. The van der Waals surface area contributed by atoms with E-state index in [4.69, 9.17) is 22.1 Å². The minimum absolute atomic E-state index is 0.183. The number of halogens is 1. The molecule has 5 heteroatoms. The summed E-state index contributed by atoms with van der Waals surface area (Å²) >= 11 is 5.76. The van der Waals surface area contributed by atoms with Crippen molar-refractivity contribution in [2.45, 2.75) is 6.61 Å². The van der Waals surface area contributed by atoms with Crippen LogP contribution in [0.25, 0.3) is 0 Å². The van der Waals surface area contributed by atoms with Crippen LogP contribution in [0.1, 0.15) is 16.1 Å². The van der Waals surface area contributed by atoms with Crippen LogP contribution in [0.15, 0.2) is 42.6 Å². The average Bonchev–Trinajstić information content (AvgIpc) is 2.38. The molecular formula is C13H11ClN2O2. The Morgan fingerprint density at radius 2 is 1.94 bits per heavy atom. The van der Waals surface area contributed by atoms with Gasteiger partial charge in [-0.3, -0.25) is 0 Å². The number of rotatable bonds is 3. The fraction of sp³-hybridized carbons (Fsp3) is 0.0769. The minimum atomic E-state index is -0.482. The summed E-state index contributed by atoms with van der Waals surface area (Å²) in [7, 11) is 0. The van der Waals surface area contributed by atoms with Gasteiger partial charge < -0.3 is 10.5 Å². The lowest BCUT2D eigenvalue weighted by Gasteiger charge is -2.04. The minimum Gasteiger partial charge on any atom is -0.456 e. The molecule has 0 aliphatic carbocycles. The van der Waals surface area contributed by atoms with Crippen molar-refractivity contribution < 1.29 is 9.53 Å². The Morgan fingerprint density at radius 1 is 1.22 bits per heavy atom. The maximum Gasteiger partial charge on any atom is 0.357 e. The number of nitrogens with zero attached hydrogens (tertiary/aromatic N) is 1. The number of carbonyl (C=O) groups excluding carboxylic acids is 1. The van der Waals surface area contributed by atoms with E-state index < -0.39 is 5.97 Å². The monoisotopic (exact) mass is 262 g/mol. The van der Waals surface area contributed by atoms with Crippen LogP contribution in [0.3, 0.4) is 0 Å². The van der Waals surface area contributed by atoms with Crippen LogP contribution < -0.4 is 5.73 Å². The highest BCUT2D eigenvalue weighted by atomic mass is 35.5. The van der Waals surface area contributed by atoms with Gasteiger partial charge in [0.2, 0.25) is 0 Å². The first-order valence-corrected chi connectivity index (χ1v) is 5.66. The summed E-state index contributed by atoms with van der Waals surface area (Å²) in [4.78, 5) is 15.5. The Morgan fingerprint density at radius 3 is 2.56 bits per heavy atom. The fourth-order valence-corrected chi connectivity index (χ4v) is 1.46. The van der Waals surface area contributed by atoms with E-state index in [-0.39, 0.29) is 12.3 Å². The largest absolute Gasteiger partial charge is 0.456 e. The third-order valence-corrected chi connectivity index (χ3v) is 2.53. The van der Waals surface area contributed by atoms with E-state index in [9.17, 15) is 4.79 Å². The average molecular weight is 263 g/mol. The van der Waals surface area contributed by atoms with Crippen LogP contribution in [0.5, 0.6) is 0 Å². The van der Waals surface area contributed by atoms with Crippen LogP contribution in [-0.4, -0.2) is 11.0 Å². The van der Waals surface area contributed by atoms with E-state index in [1.54, 1.807) is 30.3 Å². The molecular weight excluding hydrogens is 252 g/mol. The first kappa shape index (κ1) is 12.4. The van der Waals surface area contributed by atoms with Crippen molar-refractivity contribution in [1.29, 1.82) is 0 Å². The van der Waals surface area contributed by atoms with E-state index in [0.717, 1.165) is 5.56 Å². The SMILES string of the molecule is Nc1ccc(C(=O)OCc2ccc(Cl)cc2)nc1. The van der Waals surface area contributed by atoms with Gasteiger partial charge in [-0.15, -0.1) is 0 Å². The lowest BCUT2D eigenvalue weighted by molar-refractivity contribution is 0.0466.